The number of aliphatic hydroxyl groups is 1. The van der Waals surface area contributed by atoms with Gasteiger partial charge in [-0.1, -0.05) is 43.7 Å². The van der Waals surface area contributed by atoms with E-state index in [-0.39, 0.29) is 6.10 Å². The van der Waals surface area contributed by atoms with Gasteiger partial charge in [-0.15, -0.1) is 0 Å². The van der Waals surface area contributed by atoms with Crippen molar-refractivity contribution in [2.24, 2.45) is 0 Å². The molecule has 0 radical (unpaired) electrons. The van der Waals surface area contributed by atoms with Gasteiger partial charge in [0.25, 0.3) is 0 Å². The number of hydrogen-bond donors (Lipinski definition) is 1. The lowest BCUT2D eigenvalue weighted by atomic mass is 10.1. The zero-order chi connectivity index (χ0) is 12.7. The maximum atomic E-state index is 10.2. The molecule has 2 heteroatoms. The predicted molar refractivity (Wildman–Crippen MR) is 73.2 cm³/mol. The minimum atomic E-state index is -0.367. The van der Waals surface area contributed by atoms with Gasteiger partial charge in [-0.25, -0.2) is 0 Å². The second kappa shape index (κ2) is 7.46. The molecule has 1 aromatic carbocycles. The van der Waals surface area contributed by atoms with Crippen LogP contribution in [0, 0.1) is 6.92 Å². The van der Waals surface area contributed by atoms with Crippen molar-refractivity contribution in [2.75, 3.05) is 19.6 Å². The molecule has 1 aromatic rings. The van der Waals surface area contributed by atoms with E-state index in [9.17, 15) is 5.11 Å². The van der Waals surface area contributed by atoms with Gasteiger partial charge in [-0.2, -0.15) is 0 Å². The highest BCUT2D eigenvalue weighted by molar-refractivity contribution is 5.23. The minimum absolute atomic E-state index is 0.367. The van der Waals surface area contributed by atoms with Crippen LogP contribution in [0.3, 0.4) is 0 Å². The van der Waals surface area contributed by atoms with Crippen LogP contribution in [0.5, 0.6) is 0 Å². The number of hydrogen-bond acceptors (Lipinski definition) is 2. The monoisotopic (exact) mass is 235 g/mol. The van der Waals surface area contributed by atoms with E-state index in [2.05, 4.69) is 37.8 Å². The zero-order valence-corrected chi connectivity index (χ0v) is 11.3. The summed E-state index contributed by atoms with van der Waals surface area (Å²) in [5.74, 6) is 0. The quantitative estimate of drug-likeness (QED) is 0.785. The highest BCUT2D eigenvalue weighted by atomic mass is 16.3. The summed E-state index contributed by atoms with van der Waals surface area (Å²) in [5, 5.41) is 10.2. The largest absolute Gasteiger partial charge is 0.387 e. The lowest BCUT2D eigenvalue weighted by Crippen LogP contribution is -2.30. The van der Waals surface area contributed by atoms with Gasteiger partial charge in [-0.3, -0.25) is 0 Å². The fraction of sp³-hybridized carbons (Fsp3) is 0.600. The second-order valence-corrected chi connectivity index (χ2v) is 4.73. The molecule has 0 bridgehead atoms. The molecule has 0 aromatic heterocycles. The molecule has 1 N–H and O–H groups in total. The van der Waals surface area contributed by atoms with Crippen LogP contribution in [0.1, 0.15) is 43.9 Å². The molecule has 1 unspecified atom stereocenters. The van der Waals surface area contributed by atoms with E-state index in [1.807, 2.05) is 12.1 Å². The number of benzene rings is 1. The molecule has 0 heterocycles. The van der Waals surface area contributed by atoms with Crippen molar-refractivity contribution in [3.05, 3.63) is 35.4 Å². The summed E-state index contributed by atoms with van der Waals surface area (Å²) in [6.07, 6.45) is 1.91. The van der Waals surface area contributed by atoms with E-state index in [1.54, 1.807) is 0 Å². The van der Waals surface area contributed by atoms with E-state index in [0.29, 0.717) is 0 Å². The zero-order valence-electron chi connectivity index (χ0n) is 11.3. The van der Waals surface area contributed by atoms with Crippen molar-refractivity contribution in [1.29, 1.82) is 0 Å². The lowest BCUT2D eigenvalue weighted by molar-refractivity contribution is 0.113. The number of rotatable bonds is 7. The Morgan fingerprint density at radius 2 is 1.59 bits per heavy atom. The van der Waals surface area contributed by atoms with Crippen LogP contribution in [0.4, 0.5) is 0 Å². The van der Waals surface area contributed by atoms with Crippen LogP contribution in [0.15, 0.2) is 24.3 Å². The summed E-state index contributed by atoms with van der Waals surface area (Å²) in [7, 11) is 0. The Labute approximate surface area is 105 Å². The van der Waals surface area contributed by atoms with Crippen molar-refractivity contribution < 1.29 is 5.11 Å². The summed E-state index contributed by atoms with van der Waals surface area (Å²) >= 11 is 0. The van der Waals surface area contributed by atoms with Crippen LogP contribution in [0.25, 0.3) is 0 Å². The Kier molecular flexibility index (Phi) is 6.23. The molecule has 1 atom stereocenters. The average Bonchev–Trinajstić information content (AvgIpc) is 2.30. The van der Waals surface area contributed by atoms with E-state index in [0.717, 1.165) is 38.0 Å². The van der Waals surface area contributed by atoms with E-state index < -0.39 is 0 Å². The Balaban J connectivity index is 2.56. The third kappa shape index (κ3) is 4.88. The van der Waals surface area contributed by atoms with Gasteiger partial charge in [0, 0.05) is 6.54 Å². The summed E-state index contributed by atoms with van der Waals surface area (Å²) in [6.45, 7) is 9.30. The first-order chi connectivity index (χ1) is 8.17. The second-order valence-electron chi connectivity index (χ2n) is 4.73. The average molecular weight is 235 g/mol. The SMILES string of the molecule is CCCN(CCC)CC(O)c1ccc(C)cc1. The smallest absolute Gasteiger partial charge is 0.0916 e. The Hall–Kier alpha value is -0.860. The van der Waals surface area contributed by atoms with Gasteiger partial charge < -0.3 is 10.0 Å². The van der Waals surface area contributed by atoms with Crippen LogP contribution >= 0.6 is 0 Å². The normalized spacial score (nSPS) is 13.0. The Bertz CT molecular complexity index is 301. The predicted octanol–water partition coefficient (Wildman–Crippen LogP) is 3.15. The molecule has 0 aliphatic heterocycles. The molecular formula is C15H25NO. The topological polar surface area (TPSA) is 23.5 Å². The fourth-order valence-electron chi connectivity index (χ4n) is 2.07. The molecule has 0 saturated heterocycles. The van der Waals surface area contributed by atoms with Crippen molar-refractivity contribution in [2.45, 2.75) is 39.7 Å². The third-order valence-electron chi connectivity index (χ3n) is 2.97. The highest BCUT2D eigenvalue weighted by Crippen LogP contribution is 2.15. The number of aryl methyl sites for hydroxylation is 1. The van der Waals surface area contributed by atoms with Gasteiger partial charge in [0.1, 0.15) is 0 Å². The highest BCUT2D eigenvalue weighted by Gasteiger charge is 2.12. The number of aliphatic hydroxyl groups excluding tert-OH is 1. The standard InChI is InChI=1S/C15H25NO/c1-4-10-16(11-5-2)12-15(17)14-8-6-13(3)7-9-14/h6-9,15,17H,4-5,10-12H2,1-3H3. The maximum Gasteiger partial charge on any atom is 0.0916 e. The lowest BCUT2D eigenvalue weighted by Gasteiger charge is -2.24. The van der Waals surface area contributed by atoms with Crippen molar-refractivity contribution >= 4 is 0 Å². The molecule has 0 spiro atoms. The molecule has 0 saturated carbocycles. The number of nitrogens with zero attached hydrogens (tertiary/aromatic N) is 1. The van der Waals surface area contributed by atoms with E-state index in [1.165, 1.54) is 5.56 Å². The van der Waals surface area contributed by atoms with E-state index >= 15 is 0 Å². The minimum Gasteiger partial charge on any atom is -0.387 e. The molecule has 96 valence electrons. The molecule has 1 rings (SSSR count). The Morgan fingerprint density at radius 1 is 1.06 bits per heavy atom. The first kappa shape index (κ1) is 14.2. The maximum absolute atomic E-state index is 10.2. The van der Waals surface area contributed by atoms with Gasteiger partial charge in [0.2, 0.25) is 0 Å². The Morgan fingerprint density at radius 3 is 2.06 bits per heavy atom. The molecule has 0 aliphatic carbocycles. The van der Waals surface area contributed by atoms with Crippen molar-refractivity contribution in [3.8, 4) is 0 Å². The first-order valence-electron chi connectivity index (χ1n) is 6.64. The van der Waals surface area contributed by atoms with Gasteiger partial charge in [-0.05, 0) is 38.4 Å². The van der Waals surface area contributed by atoms with E-state index in [4.69, 9.17) is 0 Å². The van der Waals surface area contributed by atoms with Crippen LogP contribution in [0.2, 0.25) is 0 Å². The van der Waals surface area contributed by atoms with Crippen molar-refractivity contribution in [1.82, 2.24) is 4.90 Å². The molecular weight excluding hydrogens is 210 g/mol. The summed E-state index contributed by atoms with van der Waals surface area (Å²) in [5.41, 5.74) is 2.26. The molecule has 0 fully saturated rings. The van der Waals surface area contributed by atoms with Crippen LogP contribution in [-0.2, 0) is 0 Å². The van der Waals surface area contributed by atoms with Gasteiger partial charge in [0.05, 0.1) is 6.10 Å². The fourth-order valence-corrected chi connectivity index (χ4v) is 2.07. The summed E-state index contributed by atoms with van der Waals surface area (Å²) in [4.78, 5) is 2.34. The van der Waals surface area contributed by atoms with Crippen LogP contribution < -0.4 is 0 Å². The van der Waals surface area contributed by atoms with Gasteiger partial charge >= 0.3 is 0 Å². The third-order valence-corrected chi connectivity index (χ3v) is 2.97. The van der Waals surface area contributed by atoms with Gasteiger partial charge in [0.15, 0.2) is 0 Å². The molecule has 0 aliphatic rings. The summed E-state index contributed by atoms with van der Waals surface area (Å²) < 4.78 is 0. The summed E-state index contributed by atoms with van der Waals surface area (Å²) in [6, 6.07) is 8.16. The molecule has 17 heavy (non-hydrogen) atoms. The van der Waals surface area contributed by atoms with Crippen molar-refractivity contribution in [3.63, 3.8) is 0 Å². The molecule has 2 nitrogen and oxygen atoms in total. The van der Waals surface area contributed by atoms with Crippen LogP contribution in [-0.4, -0.2) is 29.6 Å². The molecule has 0 amide bonds. The first-order valence-corrected chi connectivity index (χ1v) is 6.64.